The van der Waals surface area contributed by atoms with Crippen molar-refractivity contribution in [1.82, 2.24) is 9.80 Å². The highest BCUT2D eigenvalue weighted by Crippen LogP contribution is 2.47. The SMILES string of the molecule is OCCN1CCN([C@H]2CC(c3ccc(Cl)c(Cl)c3)c3ccccc32)CC1. The second kappa shape index (κ2) is 7.87. The van der Waals surface area contributed by atoms with E-state index in [2.05, 4.69) is 40.1 Å². The van der Waals surface area contributed by atoms with Crippen LogP contribution in [0.5, 0.6) is 0 Å². The van der Waals surface area contributed by atoms with Gasteiger partial charge in [0.25, 0.3) is 0 Å². The molecule has 2 aromatic rings. The third kappa shape index (κ3) is 3.51. The van der Waals surface area contributed by atoms with Crippen molar-refractivity contribution in [3.05, 3.63) is 69.2 Å². The first-order chi connectivity index (χ1) is 12.7. The maximum absolute atomic E-state index is 9.15. The molecule has 1 N–H and O–H groups in total. The molecule has 1 fully saturated rings. The molecule has 1 heterocycles. The quantitative estimate of drug-likeness (QED) is 0.847. The molecule has 138 valence electrons. The first-order valence-electron chi connectivity index (χ1n) is 9.28. The van der Waals surface area contributed by atoms with Crippen LogP contribution in [0.3, 0.4) is 0 Å². The zero-order valence-electron chi connectivity index (χ0n) is 14.7. The van der Waals surface area contributed by atoms with Crippen LogP contribution in [0.4, 0.5) is 0 Å². The number of rotatable bonds is 4. The molecule has 0 radical (unpaired) electrons. The van der Waals surface area contributed by atoms with Gasteiger partial charge in [0, 0.05) is 44.7 Å². The molecule has 4 rings (SSSR count). The summed E-state index contributed by atoms with van der Waals surface area (Å²) in [7, 11) is 0. The summed E-state index contributed by atoms with van der Waals surface area (Å²) in [5.74, 6) is 0.362. The Bertz CT molecular complexity index is 774. The van der Waals surface area contributed by atoms with Gasteiger partial charge in [-0.05, 0) is 35.2 Å². The Labute approximate surface area is 165 Å². The number of aliphatic hydroxyl groups is 1. The molecule has 2 aromatic carbocycles. The molecule has 0 amide bonds. The number of benzene rings is 2. The molecule has 2 aliphatic rings. The Kier molecular flexibility index (Phi) is 5.53. The van der Waals surface area contributed by atoms with Gasteiger partial charge in [-0.3, -0.25) is 9.80 Å². The molecule has 1 aliphatic heterocycles. The van der Waals surface area contributed by atoms with E-state index >= 15 is 0 Å². The van der Waals surface area contributed by atoms with Gasteiger partial charge in [-0.1, -0.05) is 53.5 Å². The van der Waals surface area contributed by atoms with E-state index in [0.717, 1.165) is 39.1 Å². The number of halogens is 2. The summed E-state index contributed by atoms with van der Waals surface area (Å²) in [6, 6.07) is 15.3. The fraction of sp³-hybridized carbons (Fsp3) is 0.429. The van der Waals surface area contributed by atoms with Gasteiger partial charge in [0.2, 0.25) is 0 Å². The number of aliphatic hydroxyl groups excluding tert-OH is 1. The lowest BCUT2D eigenvalue weighted by molar-refractivity contribution is 0.0827. The minimum absolute atomic E-state index is 0.242. The maximum Gasteiger partial charge on any atom is 0.0595 e. The highest BCUT2D eigenvalue weighted by Gasteiger charge is 2.36. The number of nitrogens with zero attached hydrogens (tertiary/aromatic N) is 2. The van der Waals surface area contributed by atoms with Crippen molar-refractivity contribution in [2.75, 3.05) is 39.3 Å². The standard InChI is InChI=1S/C21H24Cl2N2O/c22-19-6-5-15(13-20(19)23)18-14-21(17-4-2-1-3-16(17)18)25-9-7-24(8-10-25)11-12-26/h1-6,13,18,21,26H,7-12,14H2/t18?,21-/m0/s1. The minimum Gasteiger partial charge on any atom is -0.395 e. The van der Waals surface area contributed by atoms with Crippen LogP contribution in [0, 0.1) is 0 Å². The topological polar surface area (TPSA) is 26.7 Å². The van der Waals surface area contributed by atoms with Gasteiger partial charge in [-0.2, -0.15) is 0 Å². The van der Waals surface area contributed by atoms with Crippen molar-refractivity contribution in [1.29, 1.82) is 0 Å². The molecule has 0 spiro atoms. The van der Waals surface area contributed by atoms with Crippen molar-refractivity contribution in [2.24, 2.45) is 0 Å². The van der Waals surface area contributed by atoms with Gasteiger partial charge in [-0.25, -0.2) is 0 Å². The minimum atomic E-state index is 0.242. The Balaban J connectivity index is 1.58. The monoisotopic (exact) mass is 390 g/mol. The van der Waals surface area contributed by atoms with Gasteiger partial charge in [0.15, 0.2) is 0 Å². The van der Waals surface area contributed by atoms with Crippen LogP contribution < -0.4 is 0 Å². The molecule has 5 heteroatoms. The highest BCUT2D eigenvalue weighted by molar-refractivity contribution is 6.42. The molecule has 0 saturated carbocycles. The summed E-state index contributed by atoms with van der Waals surface area (Å²) in [5, 5.41) is 10.4. The highest BCUT2D eigenvalue weighted by atomic mass is 35.5. The molecular weight excluding hydrogens is 367 g/mol. The molecule has 1 aliphatic carbocycles. The van der Waals surface area contributed by atoms with Gasteiger partial charge in [0.1, 0.15) is 0 Å². The van der Waals surface area contributed by atoms with Gasteiger partial charge in [0.05, 0.1) is 16.7 Å². The normalized spacial score (nSPS) is 24.0. The Morgan fingerprint density at radius 3 is 2.35 bits per heavy atom. The lowest BCUT2D eigenvalue weighted by atomic mass is 9.93. The Morgan fingerprint density at radius 1 is 0.923 bits per heavy atom. The Morgan fingerprint density at radius 2 is 1.65 bits per heavy atom. The van der Waals surface area contributed by atoms with E-state index in [1.54, 1.807) is 0 Å². The van der Waals surface area contributed by atoms with E-state index in [1.165, 1.54) is 16.7 Å². The lowest BCUT2D eigenvalue weighted by Crippen LogP contribution is -2.48. The fourth-order valence-corrected chi connectivity index (χ4v) is 4.75. The van der Waals surface area contributed by atoms with Crippen LogP contribution in [0.25, 0.3) is 0 Å². The summed E-state index contributed by atoms with van der Waals surface area (Å²) in [5.41, 5.74) is 4.10. The maximum atomic E-state index is 9.15. The van der Waals surface area contributed by atoms with Crippen LogP contribution in [-0.4, -0.2) is 54.2 Å². The Hall–Kier alpha value is -1.10. The largest absolute Gasteiger partial charge is 0.395 e. The van der Waals surface area contributed by atoms with E-state index in [4.69, 9.17) is 28.3 Å². The van der Waals surface area contributed by atoms with Gasteiger partial charge in [-0.15, -0.1) is 0 Å². The summed E-state index contributed by atoms with van der Waals surface area (Å²) < 4.78 is 0. The third-order valence-corrected chi connectivity index (χ3v) is 6.54. The number of piperazine rings is 1. The van der Waals surface area contributed by atoms with Crippen LogP contribution in [0.15, 0.2) is 42.5 Å². The lowest BCUT2D eigenvalue weighted by Gasteiger charge is -2.38. The second-order valence-corrected chi connectivity index (χ2v) is 8.02. The number of hydrogen-bond acceptors (Lipinski definition) is 3. The van der Waals surface area contributed by atoms with E-state index in [1.807, 2.05) is 12.1 Å². The van der Waals surface area contributed by atoms with Crippen LogP contribution in [0.2, 0.25) is 10.0 Å². The predicted molar refractivity (Wildman–Crippen MR) is 107 cm³/mol. The van der Waals surface area contributed by atoms with E-state index in [9.17, 15) is 0 Å². The number of β-amino-alcohol motifs (C(OH)–C–C–N with tert-alkyl or cyclic N) is 1. The molecular formula is C21H24Cl2N2O. The van der Waals surface area contributed by atoms with Gasteiger partial charge < -0.3 is 5.11 Å². The van der Waals surface area contributed by atoms with E-state index in [-0.39, 0.29) is 6.61 Å². The molecule has 26 heavy (non-hydrogen) atoms. The molecule has 2 atom stereocenters. The molecule has 3 nitrogen and oxygen atoms in total. The molecule has 0 bridgehead atoms. The van der Waals surface area contributed by atoms with Crippen molar-refractivity contribution < 1.29 is 5.11 Å². The first kappa shape index (κ1) is 18.3. The summed E-state index contributed by atoms with van der Waals surface area (Å²) in [6.45, 7) is 5.17. The molecule has 1 saturated heterocycles. The van der Waals surface area contributed by atoms with E-state index < -0.39 is 0 Å². The predicted octanol–water partition coefficient (Wildman–Crippen LogP) is 4.18. The zero-order chi connectivity index (χ0) is 18.1. The van der Waals surface area contributed by atoms with Crippen molar-refractivity contribution in [3.63, 3.8) is 0 Å². The smallest absolute Gasteiger partial charge is 0.0595 e. The van der Waals surface area contributed by atoms with Crippen LogP contribution in [-0.2, 0) is 0 Å². The number of fused-ring (bicyclic) bond motifs is 1. The number of hydrogen-bond donors (Lipinski definition) is 1. The first-order valence-corrected chi connectivity index (χ1v) is 10.0. The van der Waals surface area contributed by atoms with Crippen molar-refractivity contribution >= 4 is 23.2 Å². The van der Waals surface area contributed by atoms with Crippen LogP contribution >= 0.6 is 23.2 Å². The average molecular weight is 391 g/mol. The average Bonchev–Trinajstić information content (AvgIpc) is 3.05. The summed E-state index contributed by atoms with van der Waals surface area (Å²) >= 11 is 12.4. The van der Waals surface area contributed by atoms with Crippen LogP contribution in [0.1, 0.15) is 35.1 Å². The van der Waals surface area contributed by atoms with Crippen molar-refractivity contribution in [3.8, 4) is 0 Å². The second-order valence-electron chi connectivity index (χ2n) is 7.21. The fourth-order valence-electron chi connectivity index (χ4n) is 4.44. The van der Waals surface area contributed by atoms with Crippen molar-refractivity contribution in [2.45, 2.75) is 18.4 Å². The summed E-state index contributed by atoms with van der Waals surface area (Å²) in [6.07, 6.45) is 1.08. The summed E-state index contributed by atoms with van der Waals surface area (Å²) in [4.78, 5) is 4.94. The van der Waals surface area contributed by atoms with Gasteiger partial charge >= 0.3 is 0 Å². The zero-order valence-corrected chi connectivity index (χ0v) is 16.3. The van der Waals surface area contributed by atoms with E-state index in [0.29, 0.717) is 22.0 Å². The molecule has 1 unspecified atom stereocenters. The third-order valence-electron chi connectivity index (χ3n) is 5.80. The molecule has 0 aromatic heterocycles.